The predicted octanol–water partition coefficient (Wildman–Crippen LogP) is 4.10. The van der Waals surface area contributed by atoms with Crippen molar-refractivity contribution < 1.29 is 15.3 Å². The van der Waals surface area contributed by atoms with Crippen LogP contribution < -0.4 is 0 Å². The molecule has 0 radical (unpaired) electrons. The van der Waals surface area contributed by atoms with Crippen molar-refractivity contribution in [2.45, 2.75) is 19.8 Å². The van der Waals surface area contributed by atoms with Gasteiger partial charge < -0.3 is 15.3 Å². The number of aromatic hydroxyl groups is 3. The zero-order chi connectivity index (χ0) is 14.7. The summed E-state index contributed by atoms with van der Waals surface area (Å²) in [6.07, 6.45) is 3.63. The van der Waals surface area contributed by atoms with Crippen molar-refractivity contribution in [1.29, 1.82) is 0 Å². The smallest absolute Gasteiger partial charge is 0.129 e. The highest BCUT2D eigenvalue weighted by molar-refractivity contribution is 5.74. The van der Waals surface area contributed by atoms with E-state index in [1.807, 2.05) is 19.9 Å². The number of hydrogen-bond donors (Lipinski definition) is 3. The summed E-state index contributed by atoms with van der Waals surface area (Å²) in [6.45, 7) is 3.84. The molecular weight excluding hydrogens is 252 g/mol. The Kier molecular flexibility index (Phi) is 3.99. The van der Waals surface area contributed by atoms with Crippen LogP contribution in [0.25, 0.3) is 12.2 Å². The van der Waals surface area contributed by atoms with Crippen LogP contribution >= 0.6 is 0 Å². The molecule has 0 unspecified atom stereocenters. The van der Waals surface area contributed by atoms with Crippen LogP contribution in [-0.4, -0.2) is 15.3 Å². The van der Waals surface area contributed by atoms with Crippen LogP contribution in [0.3, 0.4) is 0 Å². The molecule has 2 aromatic carbocycles. The molecule has 0 aliphatic rings. The Morgan fingerprint density at radius 1 is 0.850 bits per heavy atom. The molecule has 0 aliphatic carbocycles. The molecule has 3 N–H and O–H groups in total. The van der Waals surface area contributed by atoms with Crippen molar-refractivity contribution in [2.24, 2.45) is 0 Å². The van der Waals surface area contributed by atoms with Gasteiger partial charge in [0.25, 0.3) is 0 Å². The second-order valence-corrected chi connectivity index (χ2v) is 5.02. The summed E-state index contributed by atoms with van der Waals surface area (Å²) in [6, 6.07) is 10.0. The zero-order valence-corrected chi connectivity index (χ0v) is 11.5. The summed E-state index contributed by atoms with van der Waals surface area (Å²) in [5, 5.41) is 29.2. The Morgan fingerprint density at radius 2 is 1.50 bits per heavy atom. The normalized spacial score (nSPS) is 11.3. The van der Waals surface area contributed by atoms with E-state index in [0.717, 1.165) is 5.56 Å². The second kappa shape index (κ2) is 5.70. The molecule has 0 atom stereocenters. The lowest BCUT2D eigenvalue weighted by Gasteiger charge is -2.12. The van der Waals surface area contributed by atoms with E-state index in [9.17, 15) is 15.3 Å². The third-order valence-electron chi connectivity index (χ3n) is 3.15. The van der Waals surface area contributed by atoms with E-state index in [-0.39, 0.29) is 23.2 Å². The number of rotatable bonds is 3. The SMILES string of the molecule is CC(C)c1c(O)ccc(C=Cc2ccc(O)cc2)c1O. The standard InChI is InChI=1S/C17H18O3/c1-11(2)16-15(19)10-7-13(17(16)20)6-3-12-4-8-14(18)9-5-12/h3-11,18-20H,1-2H3. The first-order valence-electron chi connectivity index (χ1n) is 6.51. The van der Waals surface area contributed by atoms with Crippen molar-refractivity contribution in [3.05, 3.63) is 53.1 Å². The van der Waals surface area contributed by atoms with Gasteiger partial charge in [0.05, 0.1) is 0 Å². The summed E-state index contributed by atoms with van der Waals surface area (Å²) in [4.78, 5) is 0. The fourth-order valence-corrected chi connectivity index (χ4v) is 2.09. The molecule has 0 fully saturated rings. The van der Waals surface area contributed by atoms with Crippen LogP contribution in [0.1, 0.15) is 36.5 Å². The molecule has 0 saturated heterocycles. The molecular formula is C17H18O3. The van der Waals surface area contributed by atoms with Gasteiger partial charge in [0.2, 0.25) is 0 Å². The molecule has 0 aromatic heterocycles. The zero-order valence-electron chi connectivity index (χ0n) is 11.5. The van der Waals surface area contributed by atoms with E-state index in [1.54, 1.807) is 42.5 Å². The van der Waals surface area contributed by atoms with Crippen LogP contribution in [0.15, 0.2) is 36.4 Å². The lowest BCUT2D eigenvalue weighted by molar-refractivity contribution is 0.432. The van der Waals surface area contributed by atoms with E-state index in [1.165, 1.54) is 0 Å². The van der Waals surface area contributed by atoms with Gasteiger partial charge in [-0.25, -0.2) is 0 Å². The van der Waals surface area contributed by atoms with Crippen LogP contribution in [0.5, 0.6) is 17.2 Å². The topological polar surface area (TPSA) is 60.7 Å². The maximum atomic E-state index is 10.2. The van der Waals surface area contributed by atoms with E-state index in [0.29, 0.717) is 11.1 Å². The molecule has 0 saturated carbocycles. The van der Waals surface area contributed by atoms with Gasteiger partial charge in [-0.05, 0) is 35.7 Å². The highest BCUT2D eigenvalue weighted by atomic mass is 16.3. The summed E-state index contributed by atoms with van der Waals surface area (Å²) in [5.74, 6) is 0.475. The first-order chi connectivity index (χ1) is 9.49. The van der Waals surface area contributed by atoms with Gasteiger partial charge in [0.1, 0.15) is 17.2 Å². The van der Waals surface area contributed by atoms with Crippen molar-refractivity contribution in [3.8, 4) is 17.2 Å². The van der Waals surface area contributed by atoms with E-state index in [2.05, 4.69) is 0 Å². The van der Waals surface area contributed by atoms with Gasteiger partial charge in [0.15, 0.2) is 0 Å². The summed E-state index contributed by atoms with van der Waals surface area (Å²) < 4.78 is 0. The molecule has 2 aromatic rings. The maximum Gasteiger partial charge on any atom is 0.129 e. The fraction of sp³-hybridized carbons (Fsp3) is 0.176. The Hall–Kier alpha value is -2.42. The van der Waals surface area contributed by atoms with Crippen molar-refractivity contribution in [3.63, 3.8) is 0 Å². The summed E-state index contributed by atoms with van der Waals surface area (Å²) in [5.41, 5.74) is 2.12. The molecule has 0 bridgehead atoms. The van der Waals surface area contributed by atoms with Gasteiger partial charge in [-0.3, -0.25) is 0 Å². The Morgan fingerprint density at radius 3 is 2.10 bits per heavy atom. The van der Waals surface area contributed by atoms with Gasteiger partial charge in [0, 0.05) is 11.1 Å². The second-order valence-electron chi connectivity index (χ2n) is 5.02. The monoisotopic (exact) mass is 270 g/mol. The number of hydrogen-bond acceptors (Lipinski definition) is 3. The number of phenols is 3. The molecule has 20 heavy (non-hydrogen) atoms. The highest BCUT2D eigenvalue weighted by Gasteiger charge is 2.13. The third kappa shape index (κ3) is 2.94. The Bertz CT molecular complexity index is 625. The van der Waals surface area contributed by atoms with Crippen LogP contribution in [0.2, 0.25) is 0 Å². The fourth-order valence-electron chi connectivity index (χ4n) is 2.09. The maximum absolute atomic E-state index is 10.2. The average Bonchev–Trinajstić information content (AvgIpc) is 2.39. The number of benzene rings is 2. The minimum absolute atomic E-state index is 0.0389. The molecule has 3 nitrogen and oxygen atoms in total. The van der Waals surface area contributed by atoms with Crippen LogP contribution in [-0.2, 0) is 0 Å². The molecule has 3 heteroatoms. The van der Waals surface area contributed by atoms with Gasteiger partial charge in [-0.1, -0.05) is 38.1 Å². The highest BCUT2D eigenvalue weighted by Crippen LogP contribution is 2.37. The summed E-state index contributed by atoms with van der Waals surface area (Å²) >= 11 is 0. The number of phenolic OH excluding ortho intramolecular Hbond substituents is 3. The molecule has 104 valence electrons. The van der Waals surface area contributed by atoms with Crippen molar-refractivity contribution in [1.82, 2.24) is 0 Å². The minimum atomic E-state index is 0.0389. The largest absolute Gasteiger partial charge is 0.508 e. The van der Waals surface area contributed by atoms with E-state index < -0.39 is 0 Å². The Balaban J connectivity index is 2.34. The van der Waals surface area contributed by atoms with Crippen LogP contribution in [0, 0.1) is 0 Å². The first kappa shape index (κ1) is 14.0. The Labute approximate surface area is 118 Å². The average molecular weight is 270 g/mol. The quantitative estimate of drug-likeness (QED) is 0.736. The van der Waals surface area contributed by atoms with Gasteiger partial charge in [-0.2, -0.15) is 0 Å². The van der Waals surface area contributed by atoms with Gasteiger partial charge in [-0.15, -0.1) is 0 Å². The third-order valence-corrected chi connectivity index (χ3v) is 3.15. The predicted molar refractivity (Wildman–Crippen MR) is 80.9 cm³/mol. The molecule has 0 aliphatic heterocycles. The molecule has 2 rings (SSSR count). The summed E-state index contributed by atoms with van der Waals surface area (Å²) in [7, 11) is 0. The molecule has 0 amide bonds. The lowest BCUT2D eigenvalue weighted by atomic mass is 9.97. The first-order valence-corrected chi connectivity index (χ1v) is 6.51. The van der Waals surface area contributed by atoms with Crippen LogP contribution in [0.4, 0.5) is 0 Å². The minimum Gasteiger partial charge on any atom is -0.508 e. The molecule has 0 heterocycles. The van der Waals surface area contributed by atoms with Crippen molar-refractivity contribution in [2.75, 3.05) is 0 Å². The van der Waals surface area contributed by atoms with Crippen molar-refractivity contribution >= 4 is 12.2 Å². The van der Waals surface area contributed by atoms with Gasteiger partial charge >= 0.3 is 0 Å². The van der Waals surface area contributed by atoms with E-state index in [4.69, 9.17) is 0 Å². The molecule has 0 spiro atoms. The van der Waals surface area contributed by atoms with E-state index >= 15 is 0 Å². The lowest BCUT2D eigenvalue weighted by Crippen LogP contribution is -1.91.